The summed E-state index contributed by atoms with van der Waals surface area (Å²) in [5.41, 5.74) is 6.23. The van der Waals surface area contributed by atoms with Gasteiger partial charge in [-0.05, 0) is 47.3 Å². The fraction of sp³-hybridized carbons (Fsp3) is 0. The molecule has 0 spiro atoms. The normalized spacial score (nSPS) is 9.88. The van der Waals surface area contributed by atoms with Crippen LogP contribution in [0.5, 0.6) is 0 Å². The van der Waals surface area contributed by atoms with Crippen molar-refractivity contribution in [2.24, 2.45) is 5.73 Å². The number of benzene rings is 2. The molecular weight excluding hydrogens is 250 g/mol. The van der Waals surface area contributed by atoms with Crippen LogP contribution in [0.3, 0.4) is 0 Å². The lowest BCUT2D eigenvalue weighted by Gasteiger charge is -2.09. The first-order chi connectivity index (χ1) is 8.15. The average molecular weight is 261 g/mol. The molecule has 0 unspecified atom stereocenters. The van der Waals surface area contributed by atoms with Crippen LogP contribution in [0.25, 0.3) is 10.8 Å². The van der Waals surface area contributed by atoms with Gasteiger partial charge in [0.15, 0.2) is 10.2 Å². The van der Waals surface area contributed by atoms with Crippen molar-refractivity contribution in [2.45, 2.75) is 0 Å². The molecule has 3 nitrogen and oxygen atoms in total. The first-order valence-corrected chi connectivity index (χ1v) is 5.83. The van der Waals surface area contributed by atoms with Crippen molar-refractivity contribution in [3.8, 4) is 0 Å². The van der Waals surface area contributed by atoms with E-state index in [1.807, 2.05) is 36.4 Å². The number of hydrogen-bond acceptors (Lipinski definition) is 2. The summed E-state index contributed by atoms with van der Waals surface area (Å²) in [4.78, 5) is 0. The molecular formula is C12H11N3S2. The maximum atomic E-state index is 5.33. The van der Waals surface area contributed by atoms with Crippen molar-refractivity contribution < 1.29 is 0 Å². The van der Waals surface area contributed by atoms with Crippen molar-refractivity contribution in [1.29, 1.82) is 0 Å². The van der Waals surface area contributed by atoms with E-state index >= 15 is 0 Å². The molecule has 4 N–H and O–H groups in total. The highest BCUT2D eigenvalue weighted by Crippen LogP contribution is 2.18. The molecule has 0 bridgehead atoms. The Balaban J connectivity index is 2.19. The first-order valence-electron chi connectivity index (χ1n) is 5.01. The van der Waals surface area contributed by atoms with Crippen LogP contribution < -0.4 is 16.4 Å². The summed E-state index contributed by atoms with van der Waals surface area (Å²) in [6.07, 6.45) is 0. The van der Waals surface area contributed by atoms with Crippen LogP contribution in [0.1, 0.15) is 0 Å². The smallest absolute Gasteiger partial charge is 0.177 e. The van der Waals surface area contributed by atoms with E-state index in [0.717, 1.165) is 11.1 Å². The van der Waals surface area contributed by atoms with Gasteiger partial charge in [0.25, 0.3) is 0 Å². The van der Waals surface area contributed by atoms with Gasteiger partial charge in [-0.15, -0.1) is 0 Å². The quantitative estimate of drug-likeness (QED) is 0.688. The van der Waals surface area contributed by atoms with Gasteiger partial charge in [-0.2, -0.15) is 0 Å². The number of nitrogens with two attached hydrogens (primary N) is 1. The SMILES string of the molecule is NC(=S)NC(=S)Nc1ccc2ccccc2c1. The molecule has 0 aliphatic heterocycles. The lowest BCUT2D eigenvalue weighted by Crippen LogP contribution is -2.37. The van der Waals surface area contributed by atoms with Gasteiger partial charge in [-0.1, -0.05) is 30.3 Å². The molecule has 0 aliphatic carbocycles. The van der Waals surface area contributed by atoms with Crippen LogP contribution in [0.2, 0.25) is 0 Å². The molecule has 0 amide bonds. The highest BCUT2D eigenvalue weighted by atomic mass is 32.1. The summed E-state index contributed by atoms with van der Waals surface area (Å²) in [6, 6.07) is 14.1. The van der Waals surface area contributed by atoms with E-state index in [4.69, 9.17) is 30.2 Å². The summed E-state index contributed by atoms with van der Waals surface area (Å²) in [6.45, 7) is 0. The zero-order valence-electron chi connectivity index (χ0n) is 8.94. The highest BCUT2D eigenvalue weighted by Gasteiger charge is 1.99. The average Bonchev–Trinajstić information content (AvgIpc) is 2.27. The van der Waals surface area contributed by atoms with Gasteiger partial charge in [0.1, 0.15) is 0 Å². The maximum absolute atomic E-state index is 5.33. The van der Waals surface area contributed by atoms with Crippen molar-refractivity contribution in [3.05, 3.63) is 42.5 Å². The van der Waals surface area contributed by atoms with Crippen LogP contribution in [0, 0.1) is 0 Å². The Morgan fingerprint density at radius 2 is 1.71 bits per heavy atom. The molecule has 2 aromatic rings. The third-order valence-corrected chi connectivity index (χ3v) is 2.55. The molecule has 0 saturated carbocycles. The predicted octanol–water partition coefficient (Wildman–Crippen LogP) is 2.37. The van der Waals surface area contributed by atoms with Crippen LogP contribution >= 0.6 is 24.4 Å². The molecule has 0 saturated heterocycles. The number of fused-ring (bicyclic) bond motifs is 1. The third kappa shape index (κ3) is 3.12. The van der Waals surface area contributed by atoms with Gasteiger partial charge in [0, 0.05) is 5.69 Å². The van der Waals surface area contributed by atoms with E-state index in [9.17, 15) is 0 Å². The summed E-state index contributed by atoms with van der Waals surface area (Å²) in [5, 5.41) is 8.57. The second-order valence-electron chi connectivity index (χ2n) is 3.51. The second kappa shape index (κ2) is 5.07. The molecule has 0 aliphatic rings. The van der Waals surface area contributed by atoms with Crippen LogP contribution in [0.15, 0.2) is 42.5 Å². The van der Waals surface area contributed by atoms with Gasteiger partial charge >= 0.3 is 0 Å². The summed E-state index contributed by atoms with van der Waals surface area (Å²) in [7, 11) is 0. The molecule has 17 heavy (non-hydrogen) atoms. The van der Waals surface area contributed by atoms with Crippen molar-refractivity contribution in [2.75, 3.05) is 5.32 Å². The zero-order chi connectivity index (χ0) is 12.3. The Bertz CT molecular complexity index is 581. The fourth-order valence-corrected chi connectivity index (χ4v) is 1.94. The number of rotatable bonds is 1. The maximum Gasteiger partial charge on any atom is 0.177 e. The number of thiocarbonyl (C=S) groups is 2. The molecule has 0 fully saturated rings. The fourth-order valence-electron chi connectivity index (χ4n) is 1.54. The number of anilines is 1. The Labute approximate surface area is 110 Å². The molecule has 0 atom stereocenters. The standard InChI is InChI=1S/C12H11N3S2/c13-11(16)15-12(17)14-10-6-5-8-3-1-2-4-9(8)7-10/h1-7H,(H4,13,14,15,16,17). The van der Waals surface area contributed by atoms with Gasteiger partial charge in [0.05, 0.1) is 0 Å². The third-order valence-electron chi connectivity index (χ3n) is 2.24. The molecule has 2 rings (SSSR count). The van der Waals surface area contributed by atoms with Crippen molar-refractivity contribution >= 4 is 51.1 Å². The van der Waals surface area contributed by atoms with Crippen molar-refractivity contribution in [3.63, 3.8) is 0 Å². The van der Waals surface area contributed by atoms with Crippen LogP contribution in [0.4, 0.5) is 5.69 Å². The highest BCUT2D eigenvalue weighted by molar-refractivity contribution is 7.82. The number of hydrogen-bond donors (Lipinski definition) is 3. The monoisotopic (exact) mass is 261 g/mol. The topological polar surface area (TPSA) is 50.1 Å². The largest absolute Gasteiger partial charge is 0.376 e. The Morgan fingerprint density at radius 1 is 1.00 bits per heavy atom. The lowest BCUT2D eigenvalue weighted by molar-refractivity contribution is 1.38. The summed E-state index contributed by atoms with van der Waals surface area (Å²) >= 11 is 9.75. The van der Waals surface area contributed by atoms with Gasteiger partial charge < -0.3 is 16.4 Å². The molecule has 0 aromatic heterocycles. The zero-order valence-corrected chi connectivity index (χ0v) is 10.6. The van der Waals surface area contributed by atoms with Gasteiger partial charge in [-0.3, -0.25) is 0 Å². The minimum atomic E-state index is 0.156. The summed E-state index contributed by atoms with van der Waals surface area (Å²) in [5.74, 6) is 0. The molecule has 0 heterocycles. The molecule has 5 heteroatoms. The Hall–Kier alpha value is -1.72. The second-order valence-corrected chi connectivity index (χ2v) is 4.35. The predicted molar refractivity (Wildman–Crippen MR) is 80.1 cm³/mol. The van der Waals surface area contributed by atoms with E-state index in [0.29, 0.717) is 5.11 Å². The minimum Gasteiger partial charge on any atom is -0.376 e. The lowest BCUT2D eigenvalue weighted by atomic mass is 10.1. The number of nitrogens with one attached hydrogen (secondary N) is 2. The Morgan fingerprint density at radius 3 is 2.41 bits per heavy atom. The van der Waals surface area contributed by atoms with Crippen molar-refractivity contribution in [1.82, 2.24) is 5.32 Å². The van der Waals surface area contributed by atoms with Gasteiger partial charge in [0.2, 0.25) is 0 Å². The molecule has 86 valence electrons. The van der Waals surface area contributed by atoms with E-state index in [1.54, 1.807) is 0 Å². The van der Waals surface area contributed by atoms with E-state index in [1.165, 1.54) is 5.39 Å². The van der Waals surface area contributed by atoms with Crippen LogP contribution in [-0.4, -0.2) is 10.2 Å². The summed E-state index contributed by atoms with van der Waals surface area (Å²) < 4.78 is 0. The van der Waals surface area contributed by atoms with E-state index in [2.05, 4.69) is 16.7 Å². The molecule has 0 radical (unpaired) electrons. The molecule has 2 aromatic carbocycles. The van der Waals surface area contributed by atoms with E-state index < -0.39 is 0 Å². The Kier molecular flexibility index (Phi) is 3.51. The van der Waals surface area contributed by atoms with Gasteiger partial charge in [-0.25, -0.2) is 0 Å². The minimum absolute atomic E-state index is 0.156. The van der Waals surface area contributed by atoms with E-state index in [-0.39, 0.29) is 5.11 Å². The first kappa shape index (κ1) is 11.8. The van der Waals surface area contributed by atoms with Crippen LogP contribution in [-0.2, 0) is 0 Å².